The van der Waals surface area contributed by atoms with E-state index in [0.29, 0.717) is 23.5 Å². The molecule has 1 aromatic carbocycles. The first-order chi connectivity index (χ1) is 13.6. The number of hydrogen-bond donors (Lipinski definition) is 2. The largest absolute Gasteiger partial charge is 0.350 e. The fourth-order valence-corrected chi connectivity index (χ4v) is 3.33. The summed E-state index contributed by atoms with van der Waals surface area (Å²) in [5.41, 5.74) is 4.78. The van der Waals surface area contributed by atoms with Gasteiger partial charge in [-0.3, -0.25) is 19.1 Å². The van der Waals surface area contributed by atoms with Gasteiger partial charge < -0.3 is 5.32 Å². The Hall–Kier alpha value is -3.42. The van der Waals surface area contributed by atoms with Crippen LogP contribution in [-0.4, -0.2) is 29.5 Å². The van der Waals surface area contributed by atoms with Crippen molar-refractivity contribution in [1.82, 2.24) is 29.5 Å². The fraction of sp³-hybridized carbons (Fsp3) is 0.300. The van der Waals surface area contributed by atoms with Crippen molar-refractivity contribution in [2.45, 2.75) is 26.3 Å². The second kappa shape index (κ2) is 7.30. The molecule has 0 unspecified atom stereocenters. The standard InChI is InChI=1S/C20H23N7O/c1-4-8-15-17-18(27(3)24-15)19(28)23-20(22-17)21-12-14-11-16(25-26(14)2)13-9-6-5-7-10-13/h5-7,9-11H,4,8,12H2,1-3H3,(H2,21,22,23,28). The van der Waals surface area contributed by atoms with E-state index in [2.05, 4.69) is 32.4 Å². The van der Waals surface area contributed by atoms with Crippen LogP contribution in [0.2, 0.25) is 0 Å². The summed E-state index contributed by atoms with van der Waals surface area (Å²) in [6.45, 7) is 2.58. The maximum Gasteiger partial charge on any atom is 0.278 e. The number of rotatable bonds is 6. The summed E-state index contributed by atoms with van der Waals surface area (Å²) in [5, 5.41) is 12.2. The lowest BCUT2D eigenvalue weighted by Crippen LogP contribution is -2.15. The van der Waals surface area contributed by atoms with Gasteiger partial charge in [-0.15, -0.1) is 0 Å². The van der Waals surface area contributed by atoms with Crippen LogP contribution in [0, 0.1) is 0 Å². The average Bonchev–Trinajstić information content (AvgIpc) is 3.21. The third-order valence-corrected chi connectivity index (χ3v) is 4.73. The summed E-state index contributed by atoms with van der Waals surface area (Å²) in [5.74, 6) is 0.435. The first-order valence-electron chi connectivity index (χ1n) is 9.35. The number of anilines is 1. The van der Waals surface area contributed by atoms with Gasteiger partial charge in [0.1, 0.15) is 5.52 Å². The van der Waals surface area contributed by atoms with E-state index in [9.17, 15) is 4.79 Å². The second-order valence-corrected chi connectivity index (χ2v) is 6.80. The minimum Gasteiger partial charge on any atom is -0.350 e. The number of fused-ring (bicyclic) bond motifs is 1. The maximum absolute atomic E-state index is 12.5. The Balaban J connectivity index is 1.60. The molecule has 3 aromatic heterocycles. The molecule has 0 saturated heterocycles. The summed E-state index contributed by atoms with van der Waals surface area (Å²) >= 11 is 0. The highest BCUT2D eigenvalue weighted by atomic mass is 16.1. The van der Waals surface area contributed by atoms with Crippen LogP contribution in [0.15, 0.2) is 41.2 Å². The van der Waals surface area contributed by atoms with E-state index in [0.717, 1.165) is 35.5 Å². The van der Waals surface area contributed by atoms with E-state index in [1.54, 1.807) is 11.7 Å². The zero-order valence-electron chi connectivity index (χ0n) is 16.2. The van der Waals surface area contributed by atoms with Crippen molar-refractivity contribution in [3.8, 4) is 11.3 Å². The van der Waals surface area contributed by atoms with Gasteiger partial charge in [0, 0.05) is 19.7 Å². The zero-order valence-corrected chi connectivity index (χ0v) is 16.2. The monoisotopic (exact) mass is 377 g/mol. The predicted molar refractivity (Wildman–Crippen MR) is 109 cm³/mol. The number of nitrogens with zero attached hydrogens (tertiary/aromatic N) is 5. The van der Waals surface area contributed by atoms with Gasteiger partial charge in [0.2, 0.25) is 5.95 Å². The summed E-state index contributed by atoms with van der Waals surface area (Å²) in [6.07, 6.45) is 1.73. The molecule has 0 bridgehead atoms. The average molecular weight is 377 g/mol. The minimum absolute atomic E-state index is 0.195. The van der Waals surface area contributed by atoms with E-state index >= 15 is 0 Å². The Labute approximate surface area is 162 Å². The quantitative estimate of drug-likeness (QED) is 0.539. The molecular formula is C20H23N7O. The fourth-order valence-electron chi connectivity index (χ4n) is 3.33. The smallest absolute Gasteiger partial charge is 0.278 e. The summed E-state index contributed by atoms with van der Waals surface area (Å²) in [7, 11) is 3.68. The highest BCUT2D eigenvalue weighted by Gasteiger charge is 2.15. The molecule has 0 radical (unpaired) electrons. The van der Waals surface area contributed by atoms with Crippen molar-refractivity contribution >= 4 is 17.0 Å². The molecule has 144 valence electrons. The van der Waals surface area contributed by atoms with Gasteiger partial charge in [0.05, 0.1) is 23.6 Å². The van der Waals surface area contributed by atoms with Crippen LogP contribution in [0.25, 0.3) is 22.3 Å². The van der Waals surface area contributed by atoms with Crippen molar-refractivity contribution in [2.24, 2.45) is 14.1 Å². The van der Waals surface area contributed by atoms with E-state index in [1.807, 2.05) is 48.1 Å². The van der Waals surface area contributed by atoms with Gasteiger partial charge in [0.15, 0.2) is 5.52 Å². The Morgan fingerprint density at radius 1 is 1.11 bits per heavy atom. The Bertz CT molecular complexity index is 1170. The van der Waals surface area contributed by atoms with Crippen molar-refractivity contribution in [2.75, 3.05) is 5.32 Å². The molecule has 3 heterocycles. The lowest BCUT2D eigenvalue weighted by atomic mass is 10.1. The van der Waals surface area contributed by atoms with Gasteiger partial charge >= 0.3 is 0 Å². The topological polar surface area (TPSA) is 93.4 Å². The molecule has 0 spiro atoms. The number of aromatic nitrogens is 6. The van der Waals surface area contributed by atoms with Crippen molar-refractivity contribution in [3.05, 3.63) is 58.1 Å². The van der Waals surface area contributed by atoms with E-state index in [-0.39, 0.29) is 5.56 Å². The molecule has 0 amide bonds. The van der Waals surface area contributed by atoms with E-state index in [1.165, 1.54) is 0 Å². The van der Waals surface area contributed by atoms with Crippen molar-refractivity contribution in [3.63, 3.8) is 0 Å². The van der Waals surface area contributed by atoms with Crippen molar-refractivity contribution in [1.29, 1.82) is 0 Å². The Kier molecular flexibility index (Phi) is 4.68. The van der Waals surface area contributed by atoms with Gasteiger partial charge in [-0.1, -0.05) is 43.7 Å². The first kappa shape index (κ1) is 18.0. The first-order valence-corrected chi connectivity index (χ1v) is 9.35. The highest BCUT2D eigenvalue weighted by molar-refractivity contribution is 5.77. The lowest BCUT2D eigenvalue weighted by Gasteiger charge is -2.06. The molecule has 0 fully saturated rings. The third kappa shape index (κ3) is 3.28. The number of hydrogen-bond acceptors (Lipinski definition) is 5. The molecule has 28 heavy (non-hydrogen) atoms. The molecule has 4 rings (SSSR count). The lowest BCUT2D eigenvalue weighted by molar-refractivity contribution is 0.721. The van der Waals surface area contributed by atoms with E-state index in [4.69, 9.17) is 0 Å². The summed E-state index contributed by atoms with van der Waals surface area (Å²) in [6, 6.07) is 12.1. The Morgan fingerprint density at radius 3 is 2.64 bits per heavy atom. The molecule has 0 aliphatic heterocycles. The second-order valence-electron chi connectivity index (χ2n) is 6.80. The number of aromatic amines is 1. The van der Waals surface area contributed by atoms with Crippen LogP contribution >= 0.6 is 0 Å². The van der Waals surface area contributed by atoms with E-state index < -0.39 is 0 Å². The normalized spacial score (nSPS) is 11.2. The summed E-state index contributed by atoms with van der Waals surface area (Å²) in [4.78, 5) is 19.9. The molecule has 8 nitrogen and oxygen atoms in total. The molecule has 0 aliphatic carbocycles. The molecule has 0 saturated carbocycles. The molecule has 2 N–H and O–H groups in total. The molecule has 0 atom stereocenters. The van der Waals surface area contributed by atoms with Crippen LogP contribution in [0.4, 0.5) is 5.95 Å². The number of nitrogens with one attached hydrogen (secondary N) is 2. The van der Waals surface area contributed by atoms with Crippen LogP contribution in [0.3, 0.4) is 0 Å². The van der Waals surface area contributed by atoms with Gasteiger partial charge in [-0.25, -0.2) is 4.98 Å². The van der Waals surface area contributed by atoms with Crippen LogP contribution in [0.5, 0.6) is 0 Å². The van der Waals surface area contributed by atoms with Crippen molar-refractivity contribution < 1.29 is 0 Å². The van der Waals surface area contributed by atoms with Gasteiger partial charge in [0.25, 0.3) is 5.56 Å². The summed E-state index contributed by atoms with van der Waals surface area (Å²) < 4.78 is 3.43. The maximum atomic E-state index is 12.5. The predicted octanol–water partition coefficient (Wildman–Crippen LogP) is 2.62. The molecule has 4 aromatic rings. The Morgan fingerprint density at radius 2 is 1.89 bits per heavy atom. The highest BCUT2D eigenvalue weighted by Crippen LogP contribution is 2.19. The van der Waals surface area contributed by atoms with Crippen LogP contribution in [-0.2, 0) is 27.1 Å². The molecule has 8 heteroatoms. The van der Waals surface area contributed by atoms with Crippen LogP contribution in [0.1, 0.15) is 24.7 Å². The molecular weight excluding hydrogens is 354 g/mol. The number of H-pyrrole nitrogens is 1. The number of benzene rings is 1. The SMILES string of the molecule is CCCc1nn(C)c2c(=O)[nH]c(NCc3cc(-c4ccccc4)nn3C)nc12. The van der Waals surface area contributed by atoms with Gasteiger partial charge in [-0.2, -0.15) is 10.2 Å². The third-order valence-electron chi connectivity index (χ3n) is 4.73. The number of aryl methyl sites for hydroxylation is 3. The molecule has 0 aliphatic rings. The van der Waals surface area contributed by atoms with Gasteiger partial charge in [-0.05, 0) is 12.5 Å². The van der Waals surface area contributed by atoms with Crippen LogP contribution < -0.4 is 10.9 Å². The minimum atomic E-state index is -0.195. The zero-order chi connectivity index (χ0) is 19.7.